The van der Waals surface area contributed by atoms with Gasteiger partial charge in [-0.3, -0.25) is 13.9 Å². The molecule has 0 spiro atoms. The van der Waals surface area contributed by atoms with Crippen LogP contribution in [0.5, 0.6) is 0 Å². The number of halogens is 2. The summed E-state index contributed by atoms with van der Waals surface area (Å²) in [6.07, 6.45) is 1.67. The van der Waals surface area contributed by atoms with Crippen molar-refractivity contribution in [3.8, 4) is 0 Å². The number of nitrogens with one attached hydrogen (secondary N) is 1. The molecule has 10 heteroatoms. The molecule has 7 nitrogen and oxygen atoms in total. The number of hydrogen-bond donors (Lipinski definition) is 1. The molecule has 0 aromatic heterocycles. The van der Waals surface area contributed by atoms with E-state index in [1.165, 1.54) is 47.4 Å². The fourth-order valence-electron chi connectivity index (χ4n) is 4.73. The van der Waals surface area contributed by atoms with Crippen molar-refractivity contribution in [2.45, 2.75) is 43.7 Å². The predicted molar refractivity (Wildman–Crippen MR) is 166 cm³/mol. The molecule has 4 aromatic carbocycles. The molecule has 0 bridgehead atoms. The van der Waals surface area contributed by atoms with Crippen LogP contribution in [-0.2, 0) is 32.6 Å². The maximum absolute atomic E-state index is 14.9. The number of anilines is 1. The number of carbonyl (C=O) groups excluding carboxylic acids is 2. The minimum Gasteiger partial charge on any atom is -0.354 e. The van der Waals surface area contributed by atoms with Crippen molar-refractivity contribution < 1.29 is 26.8 Å². The number of rotatable bonds is 14. The van der Waals surface area contributed by atoms with Crippen molar-refractivity contribution in [2.75, 3.05) is 17.4 Å². The van der Waals surface area contributed by atoms with Gasteiger partial charge in [0.1, 0.15) is 24.2 Å². The highest BCUT2D eigenvalue weighted by molar-refractivity contribution is 7.92. The Morgan fingerprint density at radius 2 is 1.43 bits per heavy atom. The summed E-state index contributed by atoms with van der Waals surface area (Å²) in [6.45, 7) is 1.36. The summed E-state index contributed by atoms with van der Waals surface area (Å²) in [5, 5.41) is 2.89. The SMILES string of the molecule is CCCCNC(=O)[C@@H](Cc1ccccc1)N(Cc1ccccc1F)C(=O)CN(c1ccc(F)cc1)S(=O)(=O)c1ccccc1. The van der Waals surface area contributed by atoms with E-state index in [-0.39, 0.29) is 29.1 Å². The molecular weight excluding hydrogens is 584 g/mol. The molecular formula is C34H35F2N3O4S. The summed E-state index contributed by atoms with van der Waals surface area (Å²) < 4.78 is 57.4. The predicted octanol–water partition coefficient (Wildman–Crippen LogP) is 5.72. The fourth-order valence-corrected chi connectivity index (χ4v) is 6.16. The second kappa shape index (κ2) is 15.2. The van der Waals surface area contributed by atoms with Crippen molar-refractivity contribution in [2.24, 2.45) is 0 Å². The number of sulfonamides is 1. The molecule has 0 aliphatic heterocycles. The van der Waals surface area contributed by atoms with Crippen LogP contribution in [0.4, 0.5) is 14.5 Å². The Hall–Kier alpha value is -4.57. The maximum atomic E-state index is 14.9. The van der Waals surface area contributed by atoms with Gasteiger partial charge in [0.15, 0.2) is 0 Å². The first-order valence-corrected chi connectivity index (χ1v) is 15.8. The Balaban J connectivity index is 1.78. The van der Waals surface area contributed by atoms with Gasteiger partial charge in [-0.15, -0.1) is 0 Å². The highest BCUT2D eigenvalue weighted by Crippen LogP contribution is 2.25. The first-order chi connectivity index (χ1) is 21.2. The summed E-state index contributed by atoms with van der Waals surface area (Å²) in [7, 11) is -4.31. The third-order valence-electron chi connectivity index (χ3n) is 7.12. The summed E-state index contributed by atoms with van der Waals surface area (Å²) in [4.78, 5) is 29.1. The van der Waals surface area contributed by atoms with Crippen LogP contribution in [-0.4, -0.2) is 44.3 Å². The van der Waals surface area contributed by atoms with E-state index in [0.29, 0.717) is 6.54 Å². The summed E-state index contributed by atoms with van der Waals surface area (Å²) >= 11 is 0. The van der Waals surface area contributed by atoms with Crippen LogP contribution >= 0.6 is 0 Å². The molecule has 0 saturated heterocycles. The Kier molecular flexibility index (Phi) is 11.2. The first kappa shape index (κ1) is 32.3. The average molecular weight is 620 g/mol. The van der Waals surface area contributed by atoms with Crippen LogP contribution in [0.2, 0.25) is 0 Å². The van der Waals surface area contributed by atoms with E-state index in [4.69, 9.17) is 0 Å². The van der Waals surface area contributed by atoms with Crippen LogP contribution in [0.15, 0.2) is 114 Å². The minimum atomic E-state index is -4.31. The van der Waals surface area contributed by atoms with Crippen molar-refractivity contribution in [3.63, 3.8) is 0 Å². The highest BCUT2D eigenvalue weighted by Gasteiger charge is 2.35. The van der Waals surface area contributed by atoms with E-state index in [2.05, 4.69) is 5.32 Å². The molecule has 4 aromatic rings. The van der Waals surface area contributed by atoms with E-state index in [1.807, 2.05) is 37.3 Å². The molecule has 0 saturated carbocycles. The van der Waals surface area contributed by atoms with Gasteiger partial charge in [0.2, 0.25) is 11.8 Å². The lowest BCUT2D eigenvalue weighted by atomic mass is 10.0. The van der Waals surface area contributed by atoms with Gasteiger partial charge in [-0.05, 0) is 54.4 Å². The van der Waals surface area contributed by atoms with E-state index in [9.17, 15) is 26.8 Å². The summed E-state index contributed by atoms with van der Waals surface area (Å²) in [5.41, 5.74) is 0.989. The quantitative estimate of drug-likeness (QED) is 0.183. The normalized spacial score (nSPS) is 11.9. The van der Waals surface area contributed by atoms with Gasteiger partial charge in [-0.2, -0.15) is 0 Å². The van der Waals surface area contributed by atoms with Crippen LogP contribution in [0.25, 0.3) is 0 Å². The topological polar surface area (TPSA) is 86.8 Å². The zero-order valence-electron chi connectivity index (χ0n) is 24.4. The minimum absolute atomic E-state index is 0.0569. The number of benzene rings is 4. The van der Waals surface area contributed by atoms with Gasteiger partial charge >= 0.3 is 0 Å². The van der Waals surface area contributed by atoms with Crippen molar-refractivity contribution >= 4 is 27.5 Å². The Labute approximate surface area is 257 Å². The molecule has 1 atom stereocenters. The van der Waals surface area contributed by atoms with Crippen LogP contribution in [0, 0.1) is 11.6 Å². The van der Waals surface area contributed by atoms with E-state index < -0.39 is 46.1 Å². The third kappa shape index (κ3) is 8.29. The van der Waals surface area contributed by atoms with Crippen LogP contribution in [0.3, 0.4) is 0 Å². The smallest absolute Gasteiger partial charge is 0.264 e. The molecule has 230 valence electrons. The number of amides is 2. The lowest BCUT2D eigenvalue weighted by Crippen LogP contribution is -2.53. The summed E-state index contributed by atoms with van der Waals surface area (Å²) in [6, 6.07) is 26.2. The van der Waals surface area contributed by atoms with Crippen molar-refractivity contribution in [3.05, 3.63) is 132 Å². The molecule has 44 heavy (non-hydrogen) atoms. The first-order valence-electron chi connectivity index (χ1n) is 14.4. The lowest BCUT2D eigenvalue weighted by molar-refractivity contribution is -0.140. The largest absolute Gasteiger partial charge is 0.354 e. The Morgan fingerprint density at radius 3 is 2.07 bits per heavy atom. The lowest BCUT2D eigenvalue weighted by Gasteiger charge is -2.34. The number of unbranched alkanes of at least 4 members (excludes halogenated alkanes) is 1. The molecule has 0 heterocycles. The zero-order valence-corrected chi connectivity index (χ0v) is 25.2. The average Bonchev–Trinajstić information content (AvgIpc) is 3.03. The number of hydrogen-bond acceptors (Lipinski definition) is 4. The van der Waals surface area contributed by atoms with Crippen molar-refractivity contribution in [1.82, 2.24) is 10.2 Å². The molecule has 0 radical (unpaired) electrons. The van der Waals surface area contributed by atoms with Gasteiger partial charge in [0.25, 0.3) is 10.0 Å². The van der Waals surface area contributed by atoms with Gasteiger partial charge < -0.3 is 10.2 Å². The summed E-state index contributed by atoms with van der Waals surface area (Å²) in [5.74, 6) is -2.32. The molecule has 1 N–H and O–H groups in total. The molecule has 0 fully saturated rings. The third-order valence-corrected chi connectivity index (χ3v) is 8.91. The second-order valence-electron chi connectivity index (χ2n) is 10.3. The highest BCUT2D eigenvalue weighted by atomic mass is 32.2. The molecule has 4 rings (SSSR count). The molecule has 0 aliphatic carbocycles. The Bertz CT molecular complexity index is 1640. The molecule has 0 aliphatic rings. The zero-order chi connectivity index (χ0) is 31.5. The second-order valence-corrected chi connectivity index (χ2v) is 12.1. The van der Waals surface area contributed by atoms with Gasteiger partial charge in [0.05, 0.1) is 10.6 Å². The van der Waals surface area contributed by atoms with Crippen LogP contribution in [0.1, 0.15) is 30.9 Å². The van der Waals surface area contributed by atoms with E-state index in [0.717, 1.165) is 34.8 Å². The van der Waals surface area contributed by atoms with Gasteiger partial charge in [-0.25, -0.2) is 17.2 Å². The van der Waals surface area contributed by atoms with Gasteiger partial charge in [-0.1, -0.05) is 80.1 Å². The standard InChI is InChI=1S/C34H35F2N3O4S/c1-2-3-22-37-34(41)32(23-26-12-6-4-7-13-26)38(24-27-14-10-11-17-31(27)36)33(40)25-39(29-20-18-28(35)19-21-29)44(42,43)30-15-8-5-9-16-30/h4-21,32H,2-3,22-25H2,1H3,(H,37,41)/t32-/m1/s1. The van der Waals surface area contributed by atoms with Crippen LogP contribution < -0.4 is 9.62 Å². The molecule has 0 unspecified atom stereocenters. The Morgan fingerprint density at radius 1 is 0.818 bits per heavy atom. The van der Waals surface area contributed by atoms with Gasteiger partial charge in [0, 0.05) is 25.1 Å². The van der Waals surface area contributed by atoms with E-state index >= 15 is 0 Å². The monoisotopic (exact) mass is 619 g/mol. The number of carbonyl (C=O) groups is 2. The number of nitrogens with zero attached hydrogens (tertiary/aromatic N) is 2. The molecule has 2 amide bonds. The van der Waals surface area contributed by atoms with E-state index in [1.54, 1.807) is 24.3 Å². The van der Waals surface area contributed by atoms with Crippen molar-refractivity contribution in [1.29, 1.82) is 0 Å². The maximum Gasteiger partial charge on any atom is 0.264 e. The fraction of sp³-hybridized carbons (Fsp3) is 0.235.